The zero-order valence-electron chi connectivity index (χ0n) is 11.5. The van der Waals surface area contributed by atoms with E-state index in [-0.39, 0.29) is 16.7 Å². The predicted molar refractivity (Wildman–Crippen MR) is 67.3 cm³/mol. The van der Waals surface area contributed by atoms with E-state index in [9.17, 15) is 0 Å². The molecule has 0 radical (unpaired) electrons. The van der Waals surface area contributed by atoms with Crippen molar-refractivity contribution >= 4 is 0 Å². The molecule has 0 aromatic heterocycles. The van der Waals surface area contributed by atoms with Crippen LogP contribution in [0, 0.1) is 11.8 Å². The maximum absolute atomic E-state index is 6.67. The summed E-state index contributed by atoms with van der Waals surface area (Å²) in [5.74, 6) is 1.28. The van der Waals surface area contributed by atoms with Crippen molar-refractivity contribution in [3.8, 4) is 0 Å². The molecule has 2 heteroatoms. The van der Waals surface area contributed by atoms with E-state index in [4.69, 9.17) is 10.5 Å². The zero-order chi connectivity index (χ0) is 12.2. The quantitative estimate of drug-likeness (QED) is 0.744. The van der Waals surface area contributed by atoms with Crippen molar-refractivity contribution in [2.24, 2.45) is 17.6 Å². The molecule has 2 fully saturated rings. The van der Waals surface area contributed by atoms with E-state index in [1.165, 1.54) is 19.3 Å². The fourth-order valence-electron chi connectivity index (χ4n) is 4.14. The van der Waals surface area contributed by atoms with Crippen molar-refractivity contribution in [1.82, 2.24) is 0 Å². The lowest BCUT2D eigenvalue weighted by Crippen LogP contribution is -2.51. The van der Waals surface area contributed by atoms with Crippen molar-refractivity contribution in [2.75, 3.05) is 0 Å². The Hall–Kier alpha value is -0.0800. The van der Waals surface area contributed by atoms with E-state index in [0.717, 1.165) is 12.3 Å². The van der Waals surface area contributed by atoms with Gasteiger partial charge in [-0.1, -0.05) is 6.92 Å². The highest BCUT2D eigenvalue weighted by Gasteiger charge is 2.55. The van der Waals surface area contributed by atoms with Crippen molar-refractivity contribution in [3.05, 3.63) is 0 Å². The predicted octanol–water partition coefficient (Wildman–Crippen LogP) is 3.10. The van der Waals surface area contributed by atoms with E-state index >= 15 is 0 Å². The van der Waals surface area contributed by atoms with Crippen LogP contribution in [-0.4, -0.2) is 16.7 Å². The summed E-state index contributed by atoms with van der Waals surface area (Å²) in [7, 11) is 0. The molecule has 0 amide bonds. The van der Waals surface area contributed by atoms with Gasteiger partial charge < -0.3 is 10.5 Å². The molecule has 2 N–H and O–H groups in total. The van der Waals surface area contributed by atoms with Gasteiger partial charge in [-0.2, -0.15) is 0 Å². The van der Waals surface area contributed by atoms with E-state index < -0.39 is 0 Å². The summed E-state index contributed by atoms with van der Waals surface area (Å²) in [5, 5.41) is 0. The smallest absolute Gasteiger partial charge is 0.0680 e. The van der Waals surface area contributed by atoms with Crippen LogP contribution in [0.3, 0.4) is 0 Å². The van der Waals surface area contributed by atoms with Gasteiger partial charge in [0.1, 0.15) is 0 Å². The Morgan fingerprint density at radius 3 is 2.12 bits per heavy atom. The summed E-state index contributed by atoms with van der Waals surface area (Å²) in [4.78, 5) is 0. The number of rotatable bonds is 1. The Balaban J connectivity index is 2.21. The van der Waals surface area contributed by atoms with Crippen LogP contribution >= 0.6 is 0 Å². The van der Waals surface area contributed by atoms with Gasteiger partial charge in [-0.3, -0.25) is 0 Å². The van der Waals surface area contributed by atoms with Crippen LogP contribution in [0.2, 0.25) is 0 Å². The molecular weight excluding hydrogens is 198 g/mol. The van der Waals surface area contributed by atoms with Gasteiger partial charge >= 0.3 is 0 Å². The van der Waals surface area contributed by atoms with Crippen molar-refractivity contribution in [3.63, 3.8) is 0 Å². The fourth-order valence-corrected chi connectivity index (χ4v) is 4.14. The van der Waals surface area contributed by atoms with Crippen LogP contribution in [0.4, 0.5) is 0 Å². The van der Waals surface area contributed by atoms with Gasteiger partial charge in [-0.05, 0) is 59.3 Å². The first kappa shape index (κ1) is 12.4. The maximum Gasteiger partial charge on any atom is 0.0680 e. The van der Waals surface area contributed by atoms with Gasteiger partial charge in [0.05, 0.1) is 11.2 Å². The van der Waals surface area contributed by atoms with Gasteiger partial charge in [-0.15, -0.1) is 0 Å². The number of hydrogen-bond donors (Lipinski definition) is 1. The first-order chi connectivity index (χ1) is 7.15. The normalized spacial score (nSPS) is 46.1. The second-order valence-corrected chi connectivity index (χ2v) is 7.30. The molecule has 2 nitrogen and oxygen atoms in total. The molecular formula is C14H27NO. The summed E-state index contributed by atoms with van der Waals surface area (Å²) in [6.45, 7) is 11.1. The molecule has 94 valence electrons. The molecule has 16 heavy (non-hydrogen) atoms. The summed E-state index contributed by atoms with van der Waals surface area (Å²) in [5.41, 5.74) is 6.61. The summed E-state index contributed by atoms with van der Waals surface area (Å²) in [6.07, 6.45) is 4.72. The molecule has 1 aliphatic heterocycles. The second kappa shape index (κ2) is 3.46. The molecule has 1 saturated carbocycles. The molecule has 0 bridgehead atoms. The standard InChI is InChI=1S/C14H27NO/c1-10-6-7-14(15,8-10)11-9-12(2,3)16-13(11,4)5/h10-11H,6-9,15H2,1-5H3. The lowest BCUT2D eigenvalue weighted by Gasteiger charge is -2.38. The largest absolute Gasteiger partial charge is 0.369 e. The average molecular weight is 225 g/mol. The Labute approximate surface area is 99.9 Å². The molecule has 0 aromatic rings. The molecule has 2 rings (SSSR count). The molecule has 1 saturated heterocycles. The van der Waals surface area contributed by atoms with E-state index in [1.807, 2.05) is 0 Å². The summed E-state index contributed by atoms with van der Waals surface area (Å²) >= 11 is 0. The lowest BCUT2D eigenvalue weighted by molar-refractivity contribution is -0.0817. The Morgan fingerprint density at radius 1 is 1.12 bits per heavy atom. The highest BCUT2D eigenvalue weighted by Crippen LogP contribution is 2.51. The van der Waals surface area contributed by atoms with Gasteiger partial charge in [-0.25, -0.2) is 0 Å². The summed E-state index contributed by atoms with van der Waals surface area (Å²) < 4.78 is 6.18. The maximum atomic E-state index is 6.67. The minimum Gasteiger partial charge on any atom is -0.369 e. The molecule has 3 atom stereocenters. The average Bonchev–Trinajstić information content (AvgIpc) is 2.51. The van der Waals surface area contributed by atoms with Crippen LogP contribution < -0.4 is 5.73 Å². The minimum atomic E-state index is -0.0672. The Morgan fingerprint density at radius 2 is 1.75 bits per heavy atom. The Kier molecular flexibility index (Phi) is 2.67. The molecule has 0 spiro atoms. The first-order valence-electron chi connectivity index (χ1n) is 6.64. The van der Waals surface area contributed by atoms with Crippen LogP contribution in [0.25, 0.3) is 0 Å². The van der Waals surface area contributed by atoms with E-state index in [2.05, 4.69) is 34.6 Å². The van der Waals surface area contributed by atoms with Gasteiger partial charge in [0.2, 0.25) is 0 Å². The van der Waals surface area contributed by atoms with Crippen LogP contribution in [0.15, 0.2) is 0 Å². The number of nitrogens with two attached hydrogens (primary N) is 1. The van der Waals surface area contributed by atoms with Crippen molar-refractivity contribution in [2.45, 2.75) is 77.0 Å². The van der Waals surface area contributed by atoms with E-state index in [0.29, 0.717) is 5.92 Å². The topological polar surface area (TPSA) is 35.2 Å². The molecule has 1 aliphatic carbocycles. The van der Waals surface area contributed by atoms with Gasteiger partial charge in [0.25, 0.3) is 0 Å². The summed E-state index contributed by atoms with van der Waals surface area (Å²) in [6, 6.07) is 0. The first-order valence-corrected chi connectivity index (χ1v) is 6.64. The zero-order valence-corrected chi connectivity index (χ0v) is 11.5. The van der Waals surface area contributed by atoms with Crippen LogP contribution in [0.1, 0.15) is 60.3 Å². The van der Waals surface area contributed by atoms with Gasteiger partial charge in [0, 0.05) is 11.5 Å². The highest BCUT2D eigenvalue weighted by molar-refractivity contribution is 5.08. The van der Waals surface area contributed by atoms with Crippen LogP contribution in [-0.2, 0) is 4.74 Å². The third-order valence-corrected chi connectivity index (χ3v) is 4.60. The number of ether oxygens (including phenoxy) is 1. The Bertz CT molecular complexity index is 284. The monoisotopic (exact) mass is 225 g/mol. The van der Waals surface area contributed by atoms with Gasteiger partial charge in [0.15, 0.2) is 0 Å². The third-order valence-electron chi connectivity index (χ3n) is 4.60. The minimum absolute atomic E-state index is 0.00757. The highest BCUT2D eigenvalue weighted by atomic mass is 16.5. The molecule has 1 heterocycles. The number of hydrogen-bond acceptors (Lipinski definition) is 2. The lowest BCUT2D eigenvalue weighted by atomic mass is 9.71. The molecule has 2 aliphatic rings. The molecule has 0 aromatic carbocycles. The second-order valence-electron chi connectivity index (χ2n) is 7.30. The van der Waals surface area contributed by atoms with Crippen molar-refractivity contribution < 1.29 is 4.74 Å². The third kappa shape index (κ3) is 2.02. The fraction of sp³-hybridized carbons (Fsp3) is 1.00. The van der Waals surface area contributed by atoms with Crippen LogP contribution in [0.5, 0.6) is 0 Å². The molecule has 3 unspecified atom stereocenters. The SMILES string of the molecule is CC1CCC(N)(C2CC(C)(C)OC2(C)C)C1. The van der Waals surface area contributed by atoms with E-state index in [1.54, 1.807) is 0 Å². The van der Waals surface area contributed by atoms with Crippen molar-refractivity contribution in [1.29, 1.82) is 0 Å².